The molecule has 0 saturated carbocycles. The fourth-order valence-corrected chi connectivity index (χ4v) is 1.55. The second kappa shape index (κ2) is 6.48. The van der Waals surface area contributed by atoms with Crippen molar-refractivity contribution in [3.05, 3.63) is 30.1 Å². The van der Waals surface area contributed by atoms with Crippen LogP contribution in [0.4, 0.5) is 4.39 Å². The zero-order valence-corrected chi connectivity index (χ0v) is 10.4. The van der Waals surface area contributed by atoms with E-state index < -0.39 is 12.1 Å². The number of esters is 1. The number of rotatable bonds is 5. The number of ether oxygens (including phenoxy) is 2. The summed E-state index contributed by atoms with van der Waals surface area (Å²) in [5, 5.41) is 0.619. The van der Waals surface area contributed by atoms with E-state index in [0.29, 0.717) is 17.5 Å². The lowest BCUT2D eigenvalue weighted by Crippen LogP contribution is -2.29. The molecule has 3 nitrogen and oxygen atoms in total. The van der Waals surface area contributed by atoms with Gasteiger partial charge in [0.1, 0.15) is 11.6 Å². The van der Waals surface area contributed by atoms with Crippen molar-refractivity contribution in [2.75, 3.05) is 12.4 Å². The van der Waals surface area contributed by atoms with Gasteiger partial charge in [-0.3, -0.25) is 0 Å². The average molecular weight is 291 g/mol. The largest absolute Gasteiger partial charge is 0.479 e. The summed E-state index contributed by atoms with van der Waals surface area (Å²) in [6.07, 6.45) is -0.181. The van der Waals surface area contributed by atoms with Crippen molar-refractivity contribution in [1.29, 1.82) is 0 Å². The minimum Gasteiger partial charge on any atom is -0.479 e. The van der Waals surface area contributed by atoms with Gasteiger partial charge in [-0.05, 0) is 24.3 Å². The van der Waals surface area contributed by atoms with Crippen LogP contribution < -0.4 is 4.74 Å². The van der Waals surface area contributed by atoms with Crippen LogP contribution in [0.25, 0.3) is 0 Å². The van der Waals surface area contributed by atoms with Gasteiger partial charge in [0.2, 0.25) is 0 Å². The van der Waals surface area contributed by atoms with E-state index in [1.807, 2.05) is 0 Å². The quantitative estimate of drug-likeness (QED) is 0.618. The highest BCUT2D eigenvalue weighted by Gasteiger charge is 2.20. The van der Waals surface area contributed by atoms with Crippen LogP contribution in [-0.4, -0.2) is 24.5 Å². The third kappa shape index (κ3) is 3.81. The molecule has 0 aliphatic heterocycles. The van der Waals surface area contributed by atoms with E-state index in [9.17, 15) is 9.18 Å². The molecular weight excluding hydrogens is 279 g/mol. The minimum absolute atomic E-state index is 0.345. The first-order chi connectivity index (χ1) is 7.67. The lowest BCUT2D eigenvalue weighted by molar-refractivity contribution is -0.148. The van der Waals surface area contributed by atoms with Gasteiger partial charge in [0, 0.05) is 11.8 Å². The highest BCUT2D eigenvalue weighted by molar-refractivity contribution is 9.09. The van der Waals surface area contributed by atoms with Gasteiger partial charge in [-0.25, -0.2) is 9.18 Å². The molecule has 1 unspecified atom stereocenters. The van der Waals surface area contributed by atoms with Gasteiger partial charge in [-0.2, -0.15) is 0 Å². The molecule has 0 bridgehead atoms. The van der Waals surface area contributed by atoms with Crippen molar-refractivity contribution in [2.45, 2.75) is 12.5 Å². The maximum Gasteiger partial charge on any atom is 0.347 e. The Labute approximate surface area is 102 Å². The summed E-state index contributed by atoms with van der Waals surface area (Å²) >= 11 is 3.22. The van der Waals surface area contributed by atoms with Gasteiger partial charge in [0.05, 0.1) is 7.11 Å². The first-order valence-electron chi connectivity index (χ1n) is 4.73. The van der Waals surface area contributed by atoms with Gasteiger partial charge >= 0.3 is 5.97 Å². The molecule has 0 aromatic heterocycles. The Bertz CT molecular complexity index is 340. The Morgan fingerprint density at radius 3 is 2.56 bits per heavy atom. The van der Waals surface area contributed by atoms with E-state index in [-0.39, 0.29) is 5.82 Å². The molecular formula is C11H12BrFO3. The number of methoxy groups -OCH3 is 1. The van der Waals surface area contributed by atoms with Crippen LogP contribution in [0.3, 0.4) is 0 Å². The Morgan fingerprint density at radius 1 is 1.44 bits per heavy atom. The number of benzene rings is 1. The van der Waals surface area contributed by atoms with Crippen molar-refractivity contribution in [1.82, 2.24) is 0 Å². The third-order valence-electron chi connectivity index (χ3n) is 1.93. The SMILES string of the molecule is COC(=O)C(CCBr)Oc1ccc(F)cc1. The molecule has 16 heavy (non-hydrogen) atoms. The van der Waals surface area contributed by atoms with Crippen LogP contribution >= 0.6 is 15.9 Å². The summed E-state index contributed by atoms with van der Waals surface area (Å²) in [7, 11) is 1.30. The van der Waals surface area contributed by atoms with E-state index >= 15 is 0 Å². The van der Waals surface area contributed by atoms with Crippen molar-refractivity contribution in [2.24, 2.45) is 0 Å². The number of halogens is 2. The monoisotopic (exact) mass is 290 g/mol. The maximum absolute atomic E-state index is 12.6. The number of hydrogen-bond acceptors (Lipinski definition) is 3. The molecule has 1 atom stereocenters. The normalized spacial score (nSPS) is 11.9. The van der Waals surface area contributed by atoms with Crippen LogP contribution in [0.5, 0.6) is 5.75 Å². The van der Waals surface area contributed by atoms with Gasteiger partial charge < -0.3 is 9.47 Å². The lowest BCUT2D eigenvalue weighted by Gasteiger charge is -2.15. The topological polar surface area (TPSA) is 35.5 Å². The molecule has 0 aliphatic rings. The highest BCUT2D eigenvalue weighted by atomic mass is 79.9. The van der Waals surface area contributed by atoms with E-state index in [4.69, 9.17) is 4.74 Å². The van der Waals surface area contributed by atoms with Gasteiger partial charge in [0.25, 0.3) is 0 Å². The van der Waals surface area contributed by atoms with E-state index in [0.717, 1.165) is 0 Å². The summed E-state index contributed by atoms with van der Waals surface area (Å²) in [6.45, 7) is 0. The third-order valence-corrected chi connectivity index (χ3v) is 2.39. The highest BCUT2D eigenvalue weighted by Crippen LogP contribution is 2.15. The van der Waals surface area contributed by atoms with Crippen molar-refractivity contribution in [3.63, 3.8) is 0 Å². The Balaban J connectivity index is 2.67. The number of carbonyl (C=O) groups excluding carboxylic acids is 1. The number of carbonyl (C=O) groups is 1. The molecule has 1 aromatic rings. The Hall–Kier alpha value is -1.10. The Morgan fingerprint density at radius 2 is 2.06 bits per heavy atom. The summed E-state index contributed by atoms with van der Waals surface area (Å²) in [5.74, 6) is -0.344. The molecule has 88 valence electrons. The van der Waals surface area contributed by atoms with Crippen molar-refractivity contribution < 1.29 is 18.7 Å². The van der Waals surface area contributed by atoms with Gasteiger partial charge in [-0.15, -0.1) is 0 Å². The van der Waals surface area contributed by atoms with E-state index in [1.165, 1.54) is 31.4 Å². The predicted molar refractivity (Wildman–Crippen MR) is 61.2 cm³/mol. The zero-order valence-electron chi connectivity index (χ0n) is 8.78. The van der Waals surface area contributed by atoms with Crippen molar-refractivity contribution >= 4 is 21.9 Å². The summed E-state index contributed by atoms with van der Waals surface area (Å²) < 4.78 is 22.6. The molecule has 1 aromatic carbocycles. The van der Waals surface area contributed by atoms with Gasteiger partial charge in [-0.1, -0.05) is 15.9 Å². The predicted octanol–water partition coefficient (Wildman–Crippen LogP) is 2.53. The van der Waals surface area contributed by atoms with Crippen LogP contribution in [0.2, 0.25) is 0 Å². The number of hydrogen-bond donors (Lipinski definition) is 0. The van der Waals surface area contributed by atoms with Crippen LogP contribution in [0.15, 0.2) is 24.3 Å². The summed E-state index contributed by atoms with van der Waals surface area (Å²) in [6, 6.07) is 5.49. The molecule has 0 spiro atoms. The molecule has 0 fully saturated rings. The molecule has 5 heteroatoms. The van der Waals surface area contributed by atoms with Crippen molar-refractivity contribution in [3.8, 4) is 5.75 Å². The average Bonchev–Trinajstić information content (AvgIpc) is 2.30. The second-order valence-corrected chi connectivity index (χ2v) is 3.85. The molecule has 1 rings (SSSR count). The molecule has 0 heterocycles. The molecule has 0 aliphatic carbocycles. The lowest BCUT2D eigenvalue weighted by atomic mass is 10.2. The molecule has 0 amide bonds. The maximum atomic E-state index is 12.6. The minimum atomic E-state index is -0.671. The summed E-state index contributed by atoms with van der Waals surface area (Å²) in [5.41, 5.74) is 0. The molecule has 0 radical (unpaired) electrons. The first-order valence-corrected chi connectivity index (χ1v) is 5.85. The Kier molecular flexibility index (Phi) is 5.25. The standard InChI is InChI=1S/C11H12BrFO3/c1-15-11(14)10(6-7-12)16-9-4-2-8(13)3-5-9/h2-5,10H,6-7H2,1H3. The smallest absolute Gasteiger partial charge is 0.347 e. The van der Waals surface area contributed by atoms with E-state index in [1.54, 1.807) is 0 Å². The molecule has 0 saturated heterocycles. The van der Waals surface area contributed by atoms with Crippen LogP contribution in [0.1, 0.15) is 6.42 Å². The molecule has 0 N–H and O–H groups in total. The first kappa shape index (κ1) is 13.0. The second-order valence-electron chi connectivity index (χ2n) is 3.06. The summed E-state index contributed by atoms with van der Waals surface area (Å²) in [4.78, 5) is 11.3. The van der Waals surface area contributed by atoms with E-state index in [2.05, 4.69) is 20.7 Å². The van der Waals surface area contributed by atoms with Crippen LogP contribution in [0, 0.1) is 5.82 Å². The zero-order chi connectivity index (χ0) is 12.0. The van der Waals surface area contributed by atoms with Crippen LogP contribution in [-0.2, 0) is 9.53 Å². The van der Waals surface area contributed by atoms with Gasteiger partial charge in [0.15, 0.2) is 6.10 Å². The fraction of sp³-hybridized carbons (Fsp3) is 0.364. The fourth-order valence-electron chi connectivity index (χ4n) is 1.13. The number of alkyl halides is 1.